The van der Waals surface area contributed by atoms with Gasteiger partial charge in [0.15, 0.2) is 0 Å². The first-order chi connectivity index (χ1) is 6.95. The van der Waals surface area contributed by atoms with Gasteiger partial charge in [0.1, 0.15) is 5.75 Å². The minimum Gasteiger partial charge on any atom is -0.508 e. The van der Waals surface area contributed by atoms with Gasteiger partial charge in [-0.25, -0.2) is 0 Å². The topological polar surface area (TPSA) is 29.5 Å². The second-order valence-electron chi connectivity index (χ2n) is 2.98. The largest absolute Gasteiger partial charge is 0.508 e. The minimum absolute atomic E-state index is 0.0298. The first-order valence-electron chi connectivity index (χ1n) is 4.42. The van der Waals surface area contributed by atoms with Gasteiger partial charge in [-0.3, -0.25) is 0 Å². The van der Waals surface area contributed by atoms with Gasteiger partial charge in [0, 0.05) is 6.61 Å². The number of phenols is 1. The smallest absolute Gasteiger partial charge is 0.416 e. The van der Waals surface area contributed by atoms with Crippen molar-refractivity contribution in [1.82, 2.24) is 0 Å². The molecule has 1 aromatic rings. The summed E-state index contributed by atoms with van der Waals surface area (Å²) < 4.78 is 42.4. The summed E-state index contributed by atoms with van der Waals surface area (Å²) in [7, 11) is 0. The highest BCUT2D eigenvalue weighted by Crippen LogP contribution is 2.34. The lowest BCUT2D eigenvalue weighted by atomic mass is 10.1. The van der Waals surface area contributed by atoms with Crippen molar-refractivity contribution in [3.63, 3.8) is 0 Å². The first-order valence-corrected chi connectivity index (χ1v) is 4.42. The van der Waals surface area contributed by atoms with E-state index >= 15 is 0 Å². The van der Waals surface area contributed by atoms with Gasteiger partial charge in [-0.2, -0.15) is 13.2 Å². The standard InChI is InChI=1S/C10H11F3O2/c1-2-15-6-7-3-4-8(14)5-9(7)10(11,12)13/h3-5,14H,2,6H2,1H3. The van der Waals surface area contributed by atoms with Crippen LogP contribution in [0.1, 0.15) is 18.1 Å². The molecule has 84 valence electrons. The molecule has 0 aromatic heterocycles. The lowest BCUT2D eigenvalue weighted by Crippen LogP contribution is -2.09. The molecular weight excluding hydrogens is 209 g/mol. The van der Waals surface area contributed by atoms with Crippen molar-refractivity contribution < 1.29 is 23.0 Å². The van der Waals surface area contributed by atoms with Gasteiger partial charge >= 0.3 is 6.18 Å². The van der Waals surface area contributed by atoms with Crippen molar-refractivity contribution in [2.24, 2.45) is 0 Å². The fourth-order valence-corrected chi connectivity index (χ4v) is 1.17. The maximum absolute atomic E-state index is 12.5. The molecule has 5 heteroatoms. The van der Waals surface area contributed by atoms with E-state index in [0.29, 0.717) is 12.7 Å². The molecule has 0 fully saturated rings. The third-order valence-electron chi connectivity index (χ3n) is 1.86. The zero-order valence-corrected chi connectivity index (χ0v) is 8.14. The van der Waals surface area contributed by atoms with E-state index in [0.717, 1.165) is 0 Å². The molecule has 0 bridgehead atoms. The highest BCUT2D eigenvalue weighted by molar-refractivity contribution is 5.36. The monoisotopic (exact) mass is 220 g/mol. The Kier molecular flexibility index (Phi) is 3.57. The molecule has 0 saturated heterocycles. The summed E-state index contributed by atoms with van der Waals surface area (Å²) in [5.41, 5.74) is -0.821. The molecule has 0 spiro atoms. The molecular formula is C10H11F3O2. The van der Waals surface area contributed by atoms with Crippen molar-refractivity contribution >= 4 is 0 Å². The van der Waals surface area contributed by atoms with E-state index in [1.807, 2.05) is 0 Å². The number of rotatable bonds is 3. The fraction of sp³-hybridized carbons (Fsp3) is 0.400. The Morgan fingerprint density at radius 3 is 2.53 bits per heavy atom. The Balaban J connectivity index is 3.04. The van der Waals surface area contributed by atoms with Gasteiger partial charge in [-0.05, 0) is 24.6 Å². The Morgan fingerprint density at radius 2 is 2.00 bits per heavy atom. The number of halogens is 3. The highest BCUT2D eigenvalue weighted by atomic mass is 19.4. The zero-order valence-electron chi connectivity index (χ0n) is 8.14. The van der Waals surface area contributed by atoms with Crippen LogP contribution in [0.3, 0.4) is 0 Å². The molecule has 0 radical (unpaired) electrons. The van der Waals surface area contributed by atoms with Gasteiger partial charge in [0.2, 0.25) is 0 Å². The molecule has 0 unspecified atom stereocenters. The third kappa shape index (κ3) is 3.13. The van der Waals surface area contributed by atoms with E-state index in [-0.39, 0.29) is 12.2 Å². The number of benzene rings is 1. The van der Waals surface area contributed by atoms with Crippen LogP contribution in [0.5, 0.6) is 5.75 Å². The fourth-order valence-electron chi connectivity index (χ4n) is 1.17. The number of hydrogen-bond donors (Lipinski definition) is 1. The van der Waals surface area contributed by atoms with E-state index < -0.39 is 17.5 Å². The molecule has 0 aliphatic carbocycles. The Bertz CT molecular complexity index is 334. The van der Waals surface area contributed by atoms with E-state index in [9.17, 15) is 13.2 Å². The number of aromatic hydroxyl groups is 1. The van der Waals surface area contributed by atoms with E-state index in [1.54, 1.807) is 6.92 Å². The minimum atomic E-state index is -4.47. The quantitative estimate of drug-likeness (QED) is 0.848. The Morgan fingerprint density at radius 1 is 1.33 bits per heavy atom. The average molecular weight is 220 g/mol. The molecule has 1 N–H and O–H groups in total. The highest BCUT2D eigenvalue weighted by Gasteiger charge is 2.33. The summed E-state index contributed by atoms with van der Waals surface area (Å²) in [4.78, 5) is 0. The lowest BCUT2D eigenvalue weighted by molar-refractivity contribution is -0.139. The van der Waals surface area contributed by atoms with Crippen LogP contribution in [0.25, 0.3) is 0 Å². The number of ether oxygens (including phenoxy) is 1. The van der Waals surface area contributed by atoms with Crippen LogP contribution in [0.4, 0.5) is 13.2 Å². The Labute approximate surface area is 85.3 Å². The third-order valence-corrected chi connectivity index (χ3v) is 1.86. The van der Waals surface area contributed by atoms with Crippen molar-refractivity contribution in [3.8, 4) is 5.75 Å². The summed E-state index contributed by atoms with van der Waals surface area (Å²) in [5.74, 6) is -0.400. The maximum Gasteiger partial charge on any atom is 0.416 e. The van der Waals surface area contributed by atoms with Crippen LogP contribution in [0, 0.1) is 0 Å². The summed E-state index contributed by atoms with van der Waals surface area (Å²) in [6, 6.07) is 3.13. The van der Waals surface area contributed by atoms with Crippen LogP contribution < -0.4 is 0 Å². The van der Waals surface area contributed by atoms with E-state index in [4.69, 9.17) is 9.84 Å². The summed E-state index contributed by atoms with van der Waals surface area (Å²) in [5, 5.41) is 8.99. The van der Waals surface area contributed by atoms with Crippen molar-refractivity contribution in [2.45, 2.75) is 19.7 Å². The van der Waals surface area contributed by atoms with Gasteiger partial charge in [-0.1, -0.05) is 6.07 Å². The summed E-state index contributed by atoms with van der Waals surface area (Å²) in [6.07, 6.45) is -4.47. The number of hydrogen-bond acceptors (Lipinski definition) is 2. The van der Waals surface area contributed by atoms with Crippen LogP contribution in [-0.4, -0.2) is 11.7 Å². The van der Waals surface area contributed by atoms with Crippen molar-refractivity contribution in [3.05, 3.63) is 29.3 Å². The van der Waals surface area contributed by atoms with Crippen molar-refractivity contribution in [2.75, 3.05) is 6.61 Å². The normalized spacial score (nSPS) is 11.7. The molecule has 0 aliphatic heterocycles. The van der Waals surface area contributed by atoms with E-state index in [2.05, 4.69) is 0 Å². The lowest BCUT2D eigenvalue weighted by Gasteiger charge is -2.12. The maximum atomic E-state index is 12.5. The number of alkyl halides is 3. The van der Waals surface area contributed by atoms with Gasteiger partial charge < -0.3 is 9.84 Å². The predicted octanol–water partition coefficient (Wildman–Crippen LogP) is 2.95. The van der Waals surface area contributed by atoms with Gasteiger partial charge in [0.05, 0.1) is 12.2 Å². The van der Waals surface area contributed by atoms with Gasteiger partial charge in [-0.15, -0.1) is 0 Å². The van der Waals surface area contributed by atoms with Gasteiger partial charge in [0.25, 0.3) is 0 Å². The van der Waals surface area contributed by atoms with Crippen LogP contribution in [-0.2, 0) is 17.5 Å². The summed E-state index contributed by atoms with van der Waals surface area (Å²) in [6.45, 7) is 1.94. The predicted molar refractivity (Wildman–Crippen MR) is 48.4 cm³/mol. The van der Waals surface area contributed by atoms with E-state index in [1.165, 1.54) is 12.1 Å². The van der Waals surface area contributed by atoms with Crippen LogP contribution in [0.2, 0.25) is 0 Å². The van der Waals surface area contributed by atoms with Crippen molar-refractivity contribution in [1.29, 1.82) is 0 Å². The second kappa shape index (κ2) is 4.53. The van der Waals surface area contributed by atoms with Crippen LogP contribution >= 0.6 is 0 Å². The summed E-state index contributed by atoms with van der Waals surface area (Å²) >= 11 is 0. The molecule has 0 aliphatic rings. The molecule has 1 rings (SSSR count). The van der Waals surface area contributed by atoms with Crippen LogP contribution in [0.15, 0.2) is 18.2 Å². The molecule has 0 atom stereocenters. The molecule has 0 saturated carbocycles. The SMILES string of the molecule is CCOCc1ccc(O)cc1C(F)(F)F. The molecule has 1 aromatic carbocycles. The molecule has 0 heterocycles. The molecule has 15 heavy (non-hydrogen) atoms. The first kappa shape index (κ1) is 11.8. The number of phenolic OH excluding ortho intramolecular Hbond substituents is 1. The second-order valence-corrected chi connectivity index (χ2v) is 2.98. The average Bonchev–Trinajstić information content (AvgIpc) is 2.14. The molecule has 2 nitrogen and oxygen atoms in total. The molecule has 0 amide bonds. The Hall–Kier alpha value is -1.23. The zero-order chi connectivity index (χ0) is 11.5.